The van der Waals surface area contributed by atoms with Gasteiger partial charge in [0.1, 0.15) is 22.8 Å². The Morgan fingerprint density at radius 1 is 0.974 bits per heavy atom. The van der Waals surface area contributed by atoms with E-state index in [-0.39, 0.29) is 39.3 Å². The third-order valence-electron chi connectivity index (χ3n) is 6.64. The number of carbonyl (C=O) groups is 1. The van der Waals surface area contributed by atoms with Crippen LogP contribution < -0.4 is 27.4 Å². The van der Waals surface area contributed by atoms with E-state index >= 15 is 4.39 Å². The average molecular weight is 522 g/mol. The van der Waals surface area contributed by atoms with Crippen molar-refractivity contribution in [2.75, 3.05) is 10.6 Å². The smallest absolute Gasteiger partial charge is 0.336 e. The molecule has 2 heterocycles. The number of halogens is 2. The summed E-state index contributed by atoms with van der Waals surface area (Å²) in [4.78, 5) is 52.5. The molecule has 0 atom stereocenters. The lowest BCUT2D eigenvalue weighted by atomic mass is 10.1. The first-order valence-electron chi connectivity index (χ1n) is 12.0. The van der Waals surface area contributed by atoms with Crippen LogP contribution in [0.3, 0.4) is 0 Å². The number of pyridine rings is 1. The Morgan fingerprint density at radius 3 is 2.32 bits per heavy atom. The molecule has 0 spiro atoms. The first kappa shape index (κ1) is 25.1. The van der Waals surface area contributed by atoms with E-state index in [1.54, 1.807) is 13.0 Å². The molecule has 1 amide bonds. The molecule has 1 aliphatic carbocycles. The number of carbonyl (C=O) groups excluding carboxylic acids is 1. The molecule has 1 saturated carbocycles. The van der Waals surface area contributed by atoms with Gasteiger partial charge in [-0.25, -0.2) is 13.6 Å². The number of fused-ring (bicyclic) bond motifs is 1. The molecule has 0 unspecified atom stereocenters. The van der Waals surface area contributed by atoms with E-state index in [1.165, 1.54) is 49.7 Å². The predicted octanol–water partition coefficient (Wildman–Crippen LogP) is 3.78. The summed E-state index contributed by atoms with van der Waals surface area (Å²) in [6, 6.07) is 7.75. The van der Waals surface area contributed by atoms with Crippen LogP contribution in [0.4, 0.5) is 26.0 Å². The molecule has 196 valence electrons. The first-order valence-corrected chi connectivity index (χ1v) is 12.0. The number of hydrogen-bond donors (Lipinski definition) is 2. The Hall–Kier alpha value is -4.54. The summed E-state index contributed by atoms with van der Waals surface area (Å²) in [6.07, 6.45) is 1.16. The molecule has 5 rings (SSSR count). The van der Waals surface area contributed by atoms with Crippen LogP contribution in [0.2, 0.25) is 0 Å². The van der Waals surface area contributed by atoms with Gasteiger partial charge in [0, 0.05) is 31.3 Å². The third-order valence-corrected chi connectivity index (χ3v) is 6.64. The lowest BCUT2D eigenvalue weighted by Gasteiger charge is -2.21. The van der Waals surface area contributed by atoms with Crippen molar-refractivity contribution in [3.8, 4) is 5.69 Å². The summed E-state index contributed by atoms with van der Waals surface area (Å²) in [5, 5.41) is 5.35. The maximum absolute atomic E-state index is 15.3. The molecule has 0 bridgehead atoms. The van der Waals surface area contributed by atoms with Gasteiger partial charge in [0.2, 0.25) is 5.91 Å². The molecule has 11 heteroatoms. The minimum Gasteiger partial charge on any atom is -0.338 e. The topological polar surface area (TPSA) is 107 Å². The van der Waals surface area contributed by atoms with Crippen LogP contribution in [0.15, 0.2) is 50.8 Å². The van der Waals surface area contributed by atoms with Gasteiger partial charge in [0.15, 0.2) is 0 Å². The van der Waals surface area contributed by atoms with E-state index in [1.807, 2.05) is 0 Å². The molecule has 4 aromatic rings. The molecule has 0 saturated heterocycles. The first-order chi connectivity index (χ1) is 18.0. The minimum absolute atomic E-state index is 0.0183. The number of aryl methyl sites for hydroxylation is 2. The van der Waals surface area contributed by atoms with Crippen molar-refractivity contribution in [1.82, 2.24) is 13.7 Å². The van der Waals surface area contributed by atoms with Crippen LogP contribution in [-0.2, 0) is 11.8 Å². The fraction of sp³-hybridized carbons (Fsp3) is 0.259. The third kappa shape index (κ3) is 4.09. The van der Waals surface area contributed by atoms with E-state index in [4.69, 9.17) is 0 Å². The van der Waals surface area contributed by atoms with Gasteiger partial charge in [0.05, 0.1) is 16.9 Å². The highest BCUT2D eigenvalue weighted by Crippen LogP contribution is 2.34. The Bertz CT molecular complexity index is 1830. The number of anilines is 3. The number of hydrogen-bond acceptors (Lipinski definition) is 5. The van der Waals surface area contributed by atoms with Crippen molar-refractivity contribution in [2.45, 2.75) is 39.7 Å². The van der Waals surface area contributed by atoms with Crippen molar-refractivity contribution in [2.24, 2.45) is 7.05 Å². The summed E-state index contributed by atoms with van der Waals surface area (Å²) in [5.74, 6) is -1.84. The van der Waals surface area contributed by atoms with Gasteiger partial charge in [0.25, 0.3) is 11.1 Å². The van der Waals surface area contributed by atoms with Crippen LogP contribution in [0, 0.1) is 25.5 Å². The average Bonchev–Trinajstić information content (AvgIpc) is 3.68. The highest BCUT2D eigenvalue weighted by atomic mass is 19.1. The van der Waals surface area contributed by atoms with Gasteiger partial charge in [-0.3, -0.25) is 28.1 Å². The van der Waals surface area contributed by atoms with E-state index in [2.05, 4.69) is 10.6 Å². The fourth-order valence-corrected chi connectivity index (χ4v) is 4.65. The molecular weight excluding hydrogens is 496 g/mol. The van der Waals surface area contributed by atoms with Gasteiger partial charge in [-0.2, -0.15) is 0 Å². The number of nitrogens with one attached hydrogen (secondary N) is 2. The van der Waals surface area contributed by atoms with E-state index in [9.17, 15) is 23.6 Å². The number of amides is 1. The predicted molar refractivity (Wildman–Crippen MR) is 141 cm³/mol. The molecule has 0 radical (unpaired) electrons. The zero-order chi connectivity index (χ0) is 27.5. The maximum Gasteiger partial charge on any atom is 0.336 e. The van der Waals surface area contributed by atoms with Crippen molar-refractivity contribution in [3.63, 3.8) is 0 Å². The molecule has 0 aliphatic heterocycles. The Labute approximate surface area is 215 Å². The van der Waals surface area contributed by atoms with E-state index in [0.29, 0.717) is 18.4 Å². The SMILES string of the molecule is CC(=O)Nc1ccc(F)c(-n2c(=O)n(C3CC3)c(=O)c3c(Nc4ccc(C)cc4F)n(C)c(=O)c(C)c32)c1. The van der Waals surface area contributed by atoms with Crippen LogP contribution in [0.25, 0.3) is 16.6 Å². The zero-order valence-corrected chi connectivity index (χ0v) is 21.2. The fourth-order valence-electron chi connectivity index (χ4n) is 4.65. The highest BCUT2D eigenvalue weighted by molar-refractivity contribution is 5.94. The second-order valence-electron chi connectivity index (χ2n) is 9.54. The monoisotopic (exact) mass is 521 g/mol. The number of benzene rings is 2. The summed E-state index contributed by atoms with van der Waals surface area (Å²) in [5.41, 5.74) is -1.46. The summed E-state index contributed by atoms with van der Waals surface area (Å²) < 4.78 is 33.3. The zero-order valence-electron chi connectivity index (χ0n) is 21.2. The Balaban J connectivity index is 1.93. The van der Waals surface area contributed by atoms with E-state index in [0.717, 1.165) is 15.2 Å². The quantitative estimate of drug-likeness (QED) is 0.416. The summed E-state index contributed by atoms with van der Waals surface area (Å²) >= 11 is 0. The highest BCUT2D eigenvalue weighted by Gasteiger charge is 2.32. The minimum atomic E-state index is -0.812. The van der Waals surface area contributed by atoms with Crippen molar-refractivity contribution in [3.05, 3.63) is 90.4 Å². The van der Waals surface area contributed by atoms with Crippen LogP contribution >= 0.6 is 0 Å². The molecule has 2 aromatic heterocycles. The number of aromatic nitrogens is 3. The lowest BCUT2D eigenvalue weighted by Crippen LogP contribution is -2.41. The number of nitrogens with zero attached hydrogens (tertiary/aromatic N) is 3. The van der Waals surface area contributed by atoms with Gasteiger partial charge in [-0.15, -0.1) is 0 Å². The lowest BCUT2D eigenvalue weighted by molar-refractivity contribution is -0.114. The molecule has 9 nitrogen and oxygen atoms in total. The molecule has 1 fully saturated rings. The second-order valence-corrected chi connectivity index (χ2v) is 9.54. The molecular formula is C27H25F2N5O4. The van der Waals surface area contributed by atoms with E-state index < -0.39 is 40.4 Å². The van der Waals surface area contributed by atoms with Crippen LogP contribution in [0.1, 0.15) is 36.9 Å². The summed E-state index contributed by atoms with van der Waals surface area (Å²) in [7, 11) is 1.43. The molecule has 2 aromatic carbocycles. The Morgan fingerprint density at radius 2 is 1.68 bits per heavy atom. The van der Waals surface area contributed by atoms with Crippen molar-refractivity contribution < 1.29 is 13.6 Å². The molecule has 1 aliphatic rings. The van der Waals surface area contributed by atoms with Gasteiger partial charge >= 0.3 is 5.69 Å². The summed E-state index contributed by atoms with van der Waals surface area (Å²) in [6.45, 7) is 4.45. The van der Waals surface area contributed by atoms with Gasteiger partial charge < -0.3 is 10.6 Å². The largest absolute Gasteiger partial charge is 0.338 e. The normalized spacial score (nSPS) is 13.1. The van der Waals surface area contributed by atoms with Crippen LogP contribution in [0.5, 0.6) is 0 Å². The van der Waals surface area contributed by atoms with Crippen molar-refractivity contribution in [1.29, 1.82) is 0 Å². The Kier molecular flexibility index (Phi) is 6.01. The number of rotatable bonds is 5. The van der Waals surface area contributed by atoms with Crippen LogP contribution in [-0.4, -0.2) is 19.6 Å². The van der Waals surface area contributed by atoms with Crippen molar-refractivity contribution >= 4 is 34.0 Å². The van der Waals surface area contributed by atoms with Gasteiger partial charge in [-0.1, -0.05) is 6.07 Å². The van der Waals surface area contributed by atoms with Gasteiger partial charge in [-0.05, 0) is 62.6 Å². The molecule has 2 N–H and O–H groups in total. The second kappa shape index (κ2) is 9.09. The maximum atomic E-state index is 15.3. The molecule has 38 heavy (non-hydrogen) atoms. The standard InChI is InChI=1S/C27H25F2N5O4/c1-13-5-10-20(19(29)11-13)31-24-22-23(14(2)25(36)32(24)4)34(27(38)33(26(22)37)17-7-8-17)21-12-16(30-15(3)35)6-9-18(21)28/h5-6,9-12,17,31H,7-8H2,1-4H3,(H,30,35).